The number of rotatable bonds is 5. The van der Waals surface area contributed by atoms with Crippen molar-refractivity contribution in [3.05, 3.63) is 64.2 Å². The SMILES string of the molecule is Cc1ccc(Nc2nnc(S[C@@H](C)c3ccccc3Cl)s2)cc1C. The number of hydrogen-bond acceptors (Lipinski definition) is 5. The van der Waals surface area contributed by atoms with Crippen molar-refractivity contribution < 1.29 is 0 Å². The molecule has 0 spiro atoms. The molecule has 6 heteroatoms. The van der Waals surface area contributed by atoms with Crippen LogP contribution in [0.15, 0.2) is 46.8 Å². The number of benzene rings is 2. The van der Waals surface area contributed by atoms with Crippen LogP contribution in [0.5, 0.6) is 0 Å². The molecule has 3 rings (SSSR count). The maximum Gasteiger partial charge on any atom is 0.210 e. The van der Waals surface area contributed by atoms with Crippen LogP contribution >= 0.6 is 34.7 Å². The van der Waals surface area contributed by atoms with E-state index in [9.17, 15) is 0 Å². The first-order valence-electron chi connectivity index (χ1n) is 7.62. The number of aryl methyl sites for hydroxylation is 2. The maximum atomic E-state index is 6.27. The lowest BCUT2D eigenvalue weighted by Crippen LogP contribution is -1.91. The summed E-state index contributed by atoms with van der Waals surface area (Å²) in [7, 11) is 0. The highest BCUT2D eigenvalue weighted by Gasteiger charge is 2.14. The largest absolute Gasteiger partial charge is 0.330 e. The lowest BCUT2D eigenvalue weighted by Gasteiger charge is -2.10. The van der Waals surface area contributed by atoms with E-state index in [2.05, 4.69) is 60.6 Å². The van der Waals surface area contributed by atoms with E-state index in [0.717, 1.165) is 25.7 Å². The Morgan fingerprint density at radius 1 is 1.08 bits per heavy atom. The molecule has 1 heterocycles. The first-order valence-corrected chi connectivity index (χ1v) is 9.69. The molecule has 0 radical (unpaired) electrons. The van der Waals surface area contributed by atoms with Gasteiger partial charge < -0.3 is 5.32 Å². The molecule has 0 aliphatic rings. The zero-order valence-corrected chi connectivity index (χ0v) is 16.1. The Balaban J connectivity index is 1.69. The molecule has 0 saturated heterocycles. The van der Waals surface area contributed by atoms with E-state index in [1.54, 1.807) is 23.1 Å². The minimum Gasteiger partial charge on any atom is -0.330 e. The van der Waals surface area contributed by atoms with Gasteiger partial charge in [-0.25, -0.2) is 0 Å². The van der Waals surface area contributed by atoms with Gasteiger partial charge in [-0.15, -0.1) is 10.2 Å². The Bertz CT molecular complexity index is 848. The van der Waals surface area contributed by atoms with Crippen molar-refractivity contribution in [2.75, 3.05) is 5.32 Å². The molecule has 1 N–H and O–H groups in total. The average Bonchev–Trinajstić information content (AvgIpc) is 2.98. The number of hydrogen-bond donors (Lipinski definition) is 1. The van der Waals surface area contributed by atoms with Crippen LogP contribution in [0.2, 0.25) is 5.02 Å². The Labute approximate surface area is 155 Å². The van der Waals surface area contributed by atoms with E-state index in [0.29, 0.717) is 0 Å². The topological polar surface area (TPSA) is 37.8 Å². The van der Waals surface area contributed by atoms with Crippen molar-refractivity contribution in [1.82, 2.24) is 10.2 Å². The lowest BCUT2D eigenvalue weighted by atomic mass is 10.1. The molecule has 0 unspecified atom stereocenters. The van der Waals surface area contributed by atoms with E-state index < -0.39 is 0 Å². The fourth-order valence-corrected chi connectivity index (χ4v) is 4.72. The van der Waals surface area contributed by atoms with Crippen LogP contribution in [-0.2, 0) is 0 Å². The summed E-state index contributed by atoms with van der Waals surface area (Å²) in [6.07, 6.45) is 0. The molecule has 0 saturated carbocycles. The van der Waals surface area contributed by atoms with Gasteiger partial charge in [-0.2, -0.15) is 0 Å². The van der Waals surface area contributed by atoms with Crippen LogP contribution in [-0.4, -0.2) is 10.2 Å². The molecule has 3 nitrogen and oxygen atoms in total. The van der Waals surface area contributed by atoms with Crippen molar-refractivity contribution >= 4 is 45.5 Å². The summed E-state index contributed by atoms with van der Waals surface area (Å²) in [5.74, 6) is 0. The molecule has 0 aliphatic heterocycles. The van der Waals surface area contributed by atoms with Gasteiger partial charge in [-0.3, -0.25) is 0 Å². The highest BCUT2D eigenvalue weighted by Crippen LogP contribution is 2.40. The van der Waals surface area contributed by atoms with Gasteiger partial charge >= 0.3 is 0 Å². The number of anilines is 2. The lowest BCUT2D eigenvalue weighted by molar-refractivity contribution is 1.00. The van der Waals surface area contributed by atoms with Crippen molar-refractivity contribution in [3.8, 4) is 0 Å². The zero-order valence-electron chi connectivity index (χ0n) is 13.7. The molecule has 24 heavy (non-hydrogen) atoms. The highest BCUT2D eigenvalue weighted by atomic mass is 35.5. The third-order valence-corrected chi connectivity index (χ3v) is 6.19. The number of thioether (sulfide) groups is 1. The smallest absolute Gasteiger partial charge is 0.210 e. The van der Waals surface area contributed by atoms with Crippen LogP contribution in [0.3, 0.4) is 0 Å². The Hall–Kier alpha value is -1.56. The summed E-state index contributed by atoms with van der Waals surface area (Å²) in [6, 6.07) is 14.2. The molecule has 0 bridgehead atoms. The van der Waals surface area contributed by atoms with Crippen molar-refractivity contribution in [1.29, 1.82) is 0 Å². The molecule has 1 atom stereocenters. The molecular formula is C18H18ClN3S2. The Kier molecular flexibility index (Phi) is 5.43. The van der Waals surface area contributed by atoms with E-state index in [4.69, 9.17) is 11.6 Å². The second-order valence-corrected chi connectivity index (χ2v) is 8.55. The predicted molar refractivity (Wildman–Crippen MR) is 105 cm³/mol. The number of halogens is 1. The van der Waals surface area contributed by atoms with Gasteiger partial charge in [0.15, 0.2) is 4.34 Å². The van der Waals surface area contributed by atoms with E-state index in [1.165, 1.54) is 11.1 Å². The molecule has 3 aromatic rings. The van der Waals surface area contributed by atoms with Crippen LogP contribution in [0, 0.1) is 13.8 Å². The summed E-state index contributed by atoms with van der Waals surface area (Å²) in [5, 5.41) is 13.6. The minimum absolute atomic E-state index is 0.223. The molecule has 0 aliphatic carbocycles. The van der Waals surface area contributed by atoms with Gasteiger partial charge in [0.05, 0.1) is 0 Å². The van der Waals surface area contributed by atoms with Gasteiger partial charge in [0.2, 0.25) is 5.13 Å². The summed E-state index contributed by atoms with van der Waals surface area (Å²) in [4.78, 5) is 0. The standard InChI is InChI=1S/C18H18ClN3S2/c1-11-8-9-14(10-12(11)2)20-17-21-22-18(24-17)23-13(3)15-6-4-5-7-16(15)19/h4-10,13H,1-3H3,(H,20,21)/t13-/m0/s1. The van der Waals surface area contributed by atoms with Gasteiger partial charge in [0.1, 0.15) is 0 Å². The summed E-state index contributed by atoms with van der Waals surface area (Å²) in [6.45, 7) is 6.34. The molecule has 2 aromatic carbocycles. The zero-order chi connectivity index (χ0) is 17.1. The number of nitrogens with zero attached hydrogens (tertiary/aromatic N) is 2. The predicted octanol–water partition coefficient (Wildman–Crippen LogP) is 6.41. The monoisotopic (exact) mass is 375 g/mol. The minimum atomic E-state index is 0.223. The Morgan fingerprint density at radius 3 is 2.62 bits per heavy atom. The third kappa shape index (κ3) is 4.09. The number of aromatic nitrogens is 2. The summed E-state index contributed by atoms with van der Waals surface area (Å²) in [5.41, 5.74) is 4.68. The first kappa shape index (κ1) is 17.3. The molecule has 0 fully saturated rings. The van der Waals surface area contributed by atoms with Crippen molar-refractivity contribution in [2.24, 2.45) is 0 Å². The van der Waals surface area contributed by atoms with Gasteiger partial charge in [-0.05, 0) is 55.7 Å². The van der Waals surface area contributed by atoms with Gasteiger partial charge in [0, 0.05) is 16.0 Å². The van der Waals surface area contributed by atoms with Crippen LogP contribution in [0.4, 0.5) is 10.8 Å². The quantitative estimate of drug-likeness (QED) is 0.523. The van der Waals surface area contributed by atoms with E-state index in [-0.39, 0.29) is 5.25 Å². The van der Waals surface area contributed by atoms with E-state index >= 15 is 0 Å². The maximum absolute atomic E-state index is 6.27. The fraction of sp³-hybridized carbons (Fsp3) is 0.222. The van der Waals surface area contributed by atoms with Crippen molar-refractivity contribution in [2.45, 2.75) is 30.4 Å². The average molecular weight is 376 g/mol. The highest BCUT2D eigenvalue weighted by molar-refractivity contribution is 8.01. The fourth-order valence-electron chi connectivity index (χ4n) is 2.27. The van der Waals surface area contributed by atoms with Crippen LogP contribution in [0.1, 0.15) is 28.9 Å². The number of nitrogens with one attached hydrogen (secondary N) is 1. The summed E-state index contributed by atoms with van der Waals surface area (Å²) < 4.78 is 0.925. The van der Waals surface area contributed by atoms with Crippen LogP contribution in [0.25, 0.3) is 0 Å². The second-order valence-electron chi connectivity index (χ2n) is 5.58. The molecule has 124 valence electrons. The first-order chi connectivity index (χ1) is 11.5. The molecular weight excluding hydrogens is 358 g/mol. The second kappa shape index (κ2) is 7.55. The Morgan fingerprint density at radius 2 is 1.88 bits per heavy atom. The van der Waals surface area contributed by atoms with Crippen LogP contribution < -0.4 is 5.32 Å². The van der Waals surface area contributed by atoms with Crippen molar-refractivity contribution in [3.63, 3.8) is 0 Å². The van der Waals surface area contributed by atoms with Gasteiger partial charge in [-0.1, -0.05) is 59.0 Å². The third-order valence-electron chi connectivity index (χ3n) is 3.79. The van der Waals surface area contributed by atoms with Gasteiger partial charge in [0.25, 0.3) is 0 Å². The summed E-state index contributed by atoms with van der Waals surface area (Å²) >= 11 is 9.49. The van der Waals surface area contributed by atoms with E-state index in [1.807, 2.05) is 18.2 Å². The normalized spacial score (nSPS) is 12.2. The molecule has 1 aromatic heterocycles. The molecule has 0 amide bonds.